The molecule has 0 aliphatic heterocycles. The van der Waals surface area contributed by atoms with Crippen LogP contribution in [0.5, 0.6) is 0 Å². The Balaban J connectivity index is 1.54. The maximum atomic E-state index is 13.8. The number of H-pyrrole nitrogens is 1. The first-order chi connectivity index (χ1) is 19.5. The van der Waals surface area contributed by atoms with E-state index in [1.807, 2.05) is 67.7 Å². The van der Waals surface area contributed by atoms with Gasteiger partial charge in [-0.05, 0) is 88.3 Å². The van der Waals surface area contributed by atoms with E-state index in [0.717, 1.165) is 33.2 Å². The Morgan fingerprint density at radius 1 is 0.950 bits per heavy atom. The van der Waals surface area contributed by atoms with Crippen LogP contribution in [-0.2, 0) is 19.6 Å². The van der Waals surface area contributed by atoms with Gasteiger partial charge in [-0.1, -0.05) is 36.4 Å². The average Bonchev–Trinajstić information content (AvgIpc) is 3.64. The lowest BCUT2D eigenvalue weighted by Gasteiger charge is -2.31. The van der Waals surface area contributed by atoms with Gasteiger partial charge in [0.1, 0.15) is 18.3 Å². The van der Waals surface area contributed by atoms with Gasteiger partial charge in [0.05, 0.1) is 6.26 Å². The Labute approximate surface area is 231 Å². The second kappa shape index (κ2) is 11.1. The number of rotatable bonds is 9. The van der Waals surface area contributed by atoms with Gasteiger partial charge in [0.25, 0.3) is 5.56 Å². The molecule has 4 aromatic heterocycles. The summed E-state index contributed by atoms with van der Waals surface area (Å²) in [7, 11) is 0. The number of aromatic nitrogens is 6. The third kappa shape index (κ3) is 5.32. The zero-order valence-electron chi connectivity index (χ0n) is 22.4. The van der Waals surface area contributed by atoms with Gasteiger partial charge < -0.3 is 9.40 Å². The molecule has 1 N–H and O–H groups in total. The van der Waals surface area contributed by atoms with E-state index < -0.39 is 6.04 Å². The first kappa shape index (κ1) is 25.4. The molecule has 0 bridgehead atoms. The van der Waals surface area contributed by atoms with Crippen LogP contribution < -0.4 is 5.56 Å². The predicted octanol–water partition coefficient (Wildman–Crippen LogP) is 4.96. The molecule has 6 aromatic rings. The number of furan rings is 1. The zero-order chi connectivity index (χ0) is 27.5. The predicted molar refractivity (Wildman–Crippen MR) is 151 cm³/mol. The van der Waals surface area contributed by atoms with Crippen LogP contribution in [0.25, 0.3) is 10.9 Å². The number of pyridine rings is 2. The Morgan fingerprint density at radius 3 is 2.52 bits per heavy atom. The lowest BCUT2D eigenvalue weighted by Crippen LogP contribution is -2.35. The van der Waals surface area contributed by atoms with Crippen LogP contribution in [0.1, 0.15) is 45.4 Å². The molecule has 2 aromatic carbocycles. The standard InChI is InChI=1S/C31H29N7O2/c1-21-14-25-16-27(31(39)33-28(25)15-22(21)2)29(30-34-35-36-38(30)20-26-11-7-13-40-26)37(18-23-8-4-3-5-9-23)19-24-10-6-12-32-17-24/h3-17,29H,18-20H2,1-2H3,(H,33,39)/t29-/m0/s1. The summed E-state index contributed by atoms with van der Waals surface area (Å²) in [6.07, 6.45) is 5.22. The number of aromatic amines is 1. The van der Waals surface area contributed by atoms with Crippen molar-refractivity contribution in [2.75, 3.05) is 0 Å². The fourth-order valence-corrected chi connectivity index (χ4v) is 5.05. The van der Waals surface area contributed by atoms with E-state index >= 15 is 0 Å². The Hall–Kier alpha value is -4.89. The highest BCUT2D eigenvalue weighted by Gasteiger charge is 2.31. The van der Waals surface area contributed by atoms with Gasteiger partial charge >= 0.3 is 0 Å². The minimum absolute atomic E-state index is 0.183. The minimum Gasteiger partial charge on any atom is -0.467 e. The highest BCUT2D eigenvalue weighted by molar-refractivity contribution is 5.81. The van der Waals surface area contributed by atoms with E-state index in [2.05, 4.69) is 55.5 Å². The SMILES string of the molecule is Cc1cc2cc([C@@H](c3nnnn3Cc3ccco3)N(Cc3ccccc3)Cc3cccnc3)c(=O)[nH]c2cc1C. The summed E-state index contributed by atoms with van der Waals surface area (Å²) in [4.78, 5) is 23.5. The van der Waals surface area contributed by atoms with E-state index in [-0.39, 0.29) is 5.56 Å². The summed E-state index contributed by atoms with van der Waals surface area (Å²) < 4.78 is 7.30. The molecule has 9 nitrogen and oxygen atoms in total. The van der Waals surface area contributed by atoms with Gasteiger partial charge in [0.2, 0.25) is 0 Å². The number of aryl methyl sites for hydroxylation is 2. The first-order valence-corrected chi connectivity index (χ1v) is 13.1. The van der Waals surface area contributed by atoms with Gasteiger partial charge in [-0.15, -0.1) is 5.10 Å². The van der Waals surface area contributed by atoms with Crippen molar-refractivity contribution >= 4 is 10.9 Å². The molecule has 0 saturated carbocycles. The first-order valence-electron chi connectivity index (χ1n) is 13.1. The van der Waals surface area contributed by atoms with E-state index in [0.29, 0.717) is 36.8 Å². The number of benzene rings is 2. The molecule has 0 spiro atoms. The number of hydrogen-bond donors (Lipinski definition) is 1. The van der Waals surface area contributed by atoms with Crippen LogP contribution in [0.4, 0.5) is 0 Å². The molecule has 0 amide bonds. The summed E-state index contributed by atoms with van der Waals surface area (Å²) in [6, 6.07) is 23.4. The molecule has 40 heavy (non-hydrogen) atoms. The van der Waals surface area contributed by atoms with Gasteiger partial charge in [-0.25, -0.2) is 4.68 Å². The monoisotopic (exact) mass is 531 g/mol. The summed E-state index contributed by atoms with van der Waals surface area (Å²) >= 11 is 0. The van der Waals surface area contributed by atoms with Crippen molar-refractivity contribution in [3.8, 4) is 0 Å². The fraction of sp³-hybridized carbons (Fsp3) is 0.194. The number of nitrogens with zero attached hydrogens (tertiary/aromatic N) is 6. The number of nitrogens with one attached hydrogen (secondary N) is 1. The second-order valence-electron chi connectivity index (χ2n) is 10.0. The third-order valence-electron chi connectivity index (χ3n) is 7.17. The van der Waals surface area contributed by atoms with Crippen molar-refractivity contribution in [3.63, 3.8) is 0 Å². The summed E-state index contributed by atoms with van der Waals surface area (Å²) in [5.74, 6) is 1.26. The fourth-order valence-electron chi connectivity index (χ4n) is 5.05. The van der Waals surface area contributed by atoms with Crippen molar-refractivity contribution in [3.05, 3.63) is 141 Å². The molecule has 0 aliphatic carbocycles. The highest BCUT2D eigenvalue weighted by atomic mass is 16.3. The van der Waals surface area contributed by atoms with Crippen molar-refractivity contribution in [2.24, 2.45) is 0 Å². The Bertz CT molecular complexity index is 1740. The number of tetrazole rings is 1. The van der Waals surface area contributed by atoms with Gasteiger partial charge in [0, 0.05) is 36.6 Å². The summed E-state index contributed by atoms with van der Waals surface area (Å²) in [5, 5.41) is 13.8. The van der Waals surface area contributed by atoms with Crippen molar-refractivity contribution < 1.29 is 4.42 Å². The molecule has 1 atom stereocenters. The van der Waals surface area contributed by atoms with Gasteiger partial charge in [-0.2, -0.15) is 0 Å². The maximum Gasteiger partial charge on any atom is 0.253 e. The van der Waals surface area contributed by atoms with Crippen LogP contribution in [0.2, 0.25) is 0 Å². The van der Waals surface area contributed by atoms with Crippen LogP contribution in [-0.4, -0.2) is 35.1 Å². The third-order valence-corrected chi connectivity index (χ3v) is 7.17. The van der Waals surface area contributed by atoms with Gasteiger partial charge in [0.15, 0.2) is 5.82 Å². The number of hydrogen-bond acceptors (Lipinski definition) is 7. The summed E-state index contributed by atoms with van der Waals surface area (Å²) in [5.41, 5.74) is 5.57. The zero-order valence-corrected chi connectivity index (χ0v) is 22.4. The molecule has 0 aliphatic rings. The molecule has 6 rings (SSSR count). The van der Waals surface area contributed by atoms with Crippen molar-refractivity contribution in [1.82, 2.24) is 35.1 Å². The lowest BCUT2D eigenvalue weighted by molar-refractivity contribution is 0.193. The van der Waals surface area contributed by atoms with Crippen LogP contribution >= 0.6 is 0 Å². The maximum absolute atomic E-state index is 13.8. The van der Waals surface area contributed by atoms with E-state index in [9.17, 15) is 4.79 Å². The minimum atomic E-state index is -0.569. The topological polar surface area (TPSA) is 106 Å². The molecule has 0 saturated heterocycles. The highest BCUT2D eigenvalue weighted by Crippen LogP contribution is 2.31. The van der Waals surface area contributed by atoms with E-state index in [4.69, 9.17) is 4.42 Å². The molecule has 0 unspecified atom stereocenters. The summed E-state index contributed by atoms with van der Waals surface area (Å²) in [6.45, 7) is 5.53. The largest absolute Gasteiger partial charge is 0.467 e. The number of fused-ring (bicyclic) bond motifs is 1. The Kier molecular flexibility index (Phi) is 7.03. The average molecular weight is 532 g/mol. The van der Waals surface area contributed by atoms with Gasteiger partial charge in [-0.3, -0.25) is 14.7 Å². The second-order valence-corrected chi connectivity index (χ2v) is 10.0. The van der Waals surface area contributed by atoms with E-state index in [1.54, 1.807) is 17.1 Å². The molecule has 4 heterocycles. The molecular weight excluding hydrogens is 502 g/mol. The Morgan fingerprint density at radius 2 is 1.75 bits per heavy atom. The van der Waals surface area contributed by atoms with Crippen molar-refractivity contribution in [1.29, 1.82) is 0 Å². The van der Waals surface area contributed by atoms with Crippen LogP contribution in [0.3, 0.4) is 0 Å². The molecule has 0 radical (unpaired) electrons. The van der Waals surface area contributed by atoms with E-state index in [1.165, 1.54) is 0 Å². The molecule has 9 heteroatoms. The molecule has 0 fully saturated rings. The molecular formula is C31H29N7O2. The van der Waals surface area contributed by atoms with Crippen LogP contribution in [0.15, 0.2) is 101 Å². The normalized spacial score (nSPS) is 12.3. The lowest BCUT2D eigenvalue weighted by atomic mass is 9.99. The van der Waals surface area contributed by atoms with Crippen molar-refractivity contribution in [2.45, 2.75) is 39.5 Å². The quantitative estimate of drug-likeness (QED) is 0.281. The smallest absolute Gasteiger partial charge is 0.253 e. The van der Waals surface area contributed by atoms with Crippen LogP contribution in [0, 0.1) is 13.8 Å². The molecule has 200 valence electrons.